The lowest BCUT2D eigenvalue weighted by Gasteiger charge is -2.36. The fraction of sp³-hybridized carbons (Fsp3) is 0.419. The molecule has 3 rings (SSSR count). The Morgan fingerprint density at radius 2 is 1.77 bits per heavy atom. The molecule has 0 fully saturated rings. The first-order valence-electron chi connectivity index (χ1n) is 14.6. The van der Waals surface area contributed by atoms with E-state index in [1.807, 2.05) is 49.4 Å². The van der Waals surface area contributed by atoms with E-state index >= 15 is 0 Å². The van der Waals surface area contributed by atoms with Crippen LogP contribution in [0.25, 0.3) is 0 Å². The van der Waals surface area contributed by atoms with Crippen molar-refractivity contribution in [3.05, 3.63) is 71.9 Å². The van der Waals surface area contributed by atoms with Crippen LogP contribution >= 0.6 is 0 Å². The van der Waals surface area contributed by atoms with Crippen molar-refractivity contribution >= 4 is 43.6 Å². The van der Waals surface area contributed by atoms with Gasteiger partial charge in [-0.05, 0) is 55.2 Å². The summed E-state index contributed by atoms with van der Waals surface area (Å²) in [5, 5.41) is 21.9. The van der Waals surface area contributed by atoms with Gasteiger partial charge in [0.1, 0.15) is 5.82 Å². The van der Waals surface area contributed by atoms with Gasteiger partial charge in [0.25, 0.3) is 0 Å². The molecular formula is C31H45N7O4Si. The summed E-state index contributed by atoms with van der Waals surface area (Å²) in [6.07, 6.45) is 1.38. The summed E-state index contributed by atoms with van der Waals surface area (Å²) in [7, 11) is -2.02. The predicted molar refractivity (Wildman–Crippen MR) is 174 cm³/mol. The summed E-state index contributed by atoms with van der Waals surface area (Å²) < 4.78 is 6.46. The largest absolute Gasteiger partial charge is 0.465 e. The summed E-state index contributed by atoms with van der Waals surface area (Å²) in [5.41, 5.74) is 3.11. The van der Waals surface area contributed by atoms with Gasteiger partial charge in [-0.2, -0.15) is 4.98 Å². The maximum Gasteiger partial charge on any atom is 0.407 e. The van der Waals surface area contributed by atoms with Crippen LogP contribution in [-0.2, 0) is 17.6 Å². The zero-order chi connectivity index (χ0) is 31.5. The number of carbonyl (C=O) groups is 2. The zero-order valence-corrected chi connectivity index (χ0v) is 27.0. The second-order valence-electron chi connectivity index (χ2n) is 11.8. The number of amides is 3. The van der Waals surface area contributed by atoms with Gasteiger partial charge in [-0.1, -0.05) is 57.2 Å². The molecule has 0 bridgehead atoms. The third-order valence-corrected chi connectivity index (χ3v) is 11.8. The predicted octanol–water partition coefficient (Wildman–Crippen LogP) is 6.87. The maximum atomic E-state index is 11.9. The zero-order valence-electron chi connectivity index (χ0n) is 26.0. The van der Waals surface area contributed by atoms with E-state index in [9.17, 15) is 14.7 Å². The Morgan fingerprint density at radius 1 is 1.05 bits per heavy atom. The van der Waals surface area contributed by atoms with Crippen LogP contribution in [0.3, 0.4) is 0 Å². The Bertz CT molecular complexity index is 1350. The lowest BCUT2D eigenvalue weighted by Crippen LogP contribution is -2.40. The van der Waals surface area contributed by atoms with Crippen molar-refractivity contribution in [3.8, 4) is 0 Å². The van der Waals surface area contributed by atoms with Crippen LogP contribution in [0.15, 0.2) is 60.8 Å². The highest BCUT2D eigenvalue weighted by atomic mass is 28.4. The van der Waals surface area contributed by atoms with Crippen LogP contribution in [0.1, 0.15) is 45.2 Å². The van der Waals surface area contributed by atoms with E-state index in [1.165, 1.54) is 4.90 Å². The number of nitrogens with one attached hydrogen (secondary N) is 4. The van der Waals surface area contributed by atoms with E-state index in [4.69, 9.17) is 9.41 Å². The molecule has 232 valence electrons. The summed E-state index contributed by atoms with van der Waals surface area (Å²) in [6, 6.07) is 16.6. The normalized spacial score (nSPS) is 11.5. The van der Waals surface area contributed by atoms with Gasteiger partial charge in [0.05, 0.1) is 6.61 Å². The Hall–Kier alpha value is -4.16. The Labute approximate surface area is 255 Å². The molecule has 2 aromatic carbocycles. The molecule has 1 heterocycles. The number of anilines is 4. The first-order chi connectivity index (χ1) is 20.4. The molecule has 1 aromatic heterocycles. The highest BCUT2D eigenvalue weighted by Crippen LogP contribution is 2.37. The van der Waals surface area contributed by atoms with E-state index in [2.05, 4.69) is 60.1 Å². The highest BCUT2D eigenvalue weighted by Gasteiger charge is 2.37. The summed E-state index contributed by atoms with van der Waals surface area (Å²) >= 11 is 0. The van der Waals surface area contributed by atoms with Gasteiger partial charge >= 0.3 is 12.1 Å². The minimum Gasteiger partial charge on any atom is -0.465 e. The van der Waals surface area contributed by atoms with Crippen molar-refractivity contribution in [2.75, 3.05) is 35.6 Å². The first kappa shape index (κ1) is 33.3. The number of aromatic nitrogens is 2. The van der Waals surface area contributed by atoms with Gasteiger partial charge in [-0.25, -0.2) is 14.6 Å². The minimum atomic E-state index is -2.02. The monoisotopic (exact) mass is 607 g/mol. The number of carboxylic acid groups (broad SMARTS) is 1. The Morgan fingerprint density at radius 3 is 2.44 bits per heavy atom. The smallest absolute Gasteiger partial charge is 0.407 e. The quantitative estimate of drug-likeness (QED) is 0.0988. The molecule has 5 N–H and O–H groups in total. The fourth-order valence-electron chi connectivity index (χ4n) is 3.86. The van der Waals surface area contributed by atoms with Crippen molar-refractivity contribution in [1.29, 1.82) is 0 Å². The van der Waals surface area contributed by atoms with Crippen molar-refractivity contribution in [1.82, 2.24) is 20.2 Å². The molecule has 12 heteroatoms. The highest BCUT2D eigenvalue weighted by molar-refractivity contribution is 6.74. The van der Waals surface area contributed by atoms with Crippen LogP contribution < -0.4 is 21.3 Å². The molecular weight excluding hydrogens is 562 g/mol. The topological polar surface area (TPSA) is 141 Å². The van der Waals surface area contributed by atoms with Crippen LogP contribution in [-0.4, -0.2) is 60.1 Å². The number of nitrogens with zero attached hydrogens (tertiary/aromatic N) is 3. The second-order valence-corrected chi connectivity index (χ2v) is 16.6. The Balaban J connectivity index is 1.73. The summed E-state index contributed by atoms with van der Waals surface area (Å²) in [6.45, 7) is 14.9. The molecule has 0 unspecified atom stereocenters. The van der Waals surface area contributed by atoms with Crippen LogP contribution in [0.4, 0.5) is 32.7 Å². The SMILES string of the molecule is CCNC(=O)Nc1cccc(Nc2ncc(CO[Si](C)(C)C(C)(C)C)c(NCCCN(Cc3ccccc3)C(=O)O)n2)c1. The maximum absolute atomic E-state index is 11.9. The number of hydrogen-bond acceptors (Lipinski definition) is 7. The number of rotatable bonds is 14. The van der Waals surface area contributed by atoms with Crippen LogP contribution in [0.5, 0.6) is 0 Å². The minimum absolute atomic E-state index is 0.0507. The van der Waals surface area contributed by atoms with Crippen molar-refractivity contribution < 1.29 is 19.1 Å². The lowest BCUT2D eigenvalue weighted by atomic mass is 10.2. The standard InChI is InChI=1S/C31H45N7O4Si/c1-7-32-29(39)36-26-16-11-15-25(19-26)35-28-34-20-24(22-42-43(5,6)31(2,3)4)27(37-28)33-17-12-18-38(30(40)41)21-23-13-9-8-10-14-23/h8-11,13-16,19-20H,7,12,17-18,21-22H2,1-6H3,(H,40,41)(H2,32,36,39)(H2,33,34,35,37). The van der Waals surface area contributed by atoms with E-state index in [0.717, 1.165) is 11.1 Å². The molecule has 0 spiro atoms. The van der Waals surface area contributed by atoms with Crippen molar-refractivity contribution in [2.45, 2.75) is 65.4 Å². The fourth-order valence-corrected chi connectivity index (χ4v) is 4.81. The van der Waals surface area contributed by atoms with Gasteiger partial charge in [-0.3, -0.25) is 0 Å². The van der Waals surface area contributed by atoms with Gasteiger partial charge < -0.3 is 35.7 Å². The number of hydrogen-bond donors (Lipinski definition) is 5. The number of benzene rings is 2. The van der Waals surface area contributed by atoms with Gasteiger partial charge in [-0.15, -0.1) is 0 Å². The summed E-state index contributed by atoms with van der Waals surface area (Å²) in [4.78, 5) is 34.5. The van der Waals surface area contributed by atoms with Crippen LogP contribution in [0, 0.1) is 0 Å². The average molecular weight is 608 g/mol. The number of carbonyl (C=O) groups excluding carboxylic acids is 1. The molecule has 43 heavy (non-hydrogen) atoms. The second kappa shape index (κ2) is 15.3. The van der Waals surface area contributed by atoms with E-state index in [0.29, 0.717) is 62.3 Å². The molecule has 0 radical (unpaired) electrons. The van der Waals surface area contributed by atoms with Crippen molar-refractivity contribution in [3.63, 3.8) is 0 Å². The molecule has 0 saturated heterocycles. The van der Waals surface area contributed by atoms with Crippen molar-refractivity contribution in [2.24, 2.45) is 0 Å². The van der Waals surface area contributed by atoms with Gasteiger partial charge in [0.15, 0.2) is 8.32 Å². The van der Waals surface area contributed by atoms with E-state index in [-0.39, 0.29) is 11.1 Å². The average Bonchev–Trinajstić information content (AvgIpc) is 2.94. The van der Waals surface area contributed by atoms with Gasteiger partial charge in [0, 0.05) is 49.3 Å². The van der Waals surface area contributed by atoms with E-state index < -0.39 is 14.4 Å². The summed E-state index contributed by atoms with van der Waals surface area (Å²) in [5.74, 6) is 1.00. The first-order valence-corrected chi connectivity index (χ1v) is 17.5. The van der Waals surface area contributed by atoms with Crippen LogP contribution in [0.2, 0.25) is 18.1 Å². The third kappa shape index (κ3) is 10.6. The third-order valence-electron chi connectivity index (χ3n) is 7.36. The molecule has 0 atom stereocenters. The molecule has 0 saturated carbocycles. The molecule has 0 aliphatic heterocycles. The lowest BCUT2D eigenvalue weighted by molar-refractivity contribution is 0.142. The molecule has 3 aromatic rings. The number of urea groups is 1. The molecule has 3 amide bonds. The molecule has 0 aliphatic carbocycles. The Kier molecular flexibility index (Phi) is 11.9. The molecule has 11 nitrogen and oxygen atoms in total. The van der Waals surface area contributed by atoms with E-state index in [1.54, 1.807) is 18.3 Å². The van der Waals surface area contributed by atoms with Gasteiger partial charge in [0.2, 0.25) is 5.95 Å². The molecule has 0 aliphatic rings.